The van der Waals surface area contributed by atoms with E-state index < -0.39 is 17.9 Å². The molecule has 1 unspecified atom stereocenters. The van der Waals surface area contributed by atoms with Crippen LogP contribution < -0.4 is 4.90 Å². The Labute approximate surface area is 118 Å². The molecule has 1 aromatic carbocycles. The van der Waals surface area contributed by atoms with Crippen molar-refractivity contribution in [2.45, 2.75) is 18.8 Å². The Kier molecular flexibility index (Phi) is 3.35. The summed E-state index contributed by atoms with van der Waals surface area (Å²) in [5, 5.41) is 0. The van der Waals surface area contributed by atoms with Crippen molar-refractivity contribution in [1.82, 2.24) is 4.98 Å². The second kappa shape index (κ2) is 5.05. The molecule has 0 bridgehead atoms. The molecule has 0 N–H and O–H groups in total. The Balaban J connectivity index is 2.05. The van der Waals surface area contributed by atoms with Gasteiger partial charge in [-0.15, -0.1) is 0 Å². The van der Waals surface area contributed by atoms with Gasteiger partial charge in [0, 0.05) is 24.3 Å². The second-order valence-electron chi connectivity index (χ2n) is 4.96. The molecule has 0 amide bonds. The molecule has 112 valence electrons. The predicted molar refractivity (Wildman–Crippen MR) is 68.7 cm³/mol. The average Bonchev–Trinajstić information content (AvgIpc) is 3.08. The first-order valence-electron chi connectivity index (χ1n) is 6.43. The molecular formula is C14H12F4N2O. The first kappa shape index (κ1) is 13.9. The summed E-state index contributed by atoms with van der Waals surface area (Å²) < 4.78 is 57.4. The standard InChI is InChI=1S/C14H12F4N2O/c15-11-1-2-20(7-11)12-4-9(13-6-19-8-21-13)3-10(5-12)14(16,17)18/h3-6,8,11H,1-2,7H2. The van der Waals surface area contributed by atoms with E-state index in [1.54, 1.807) is 11.0 Å². The summed E-state index contributed by atoms with van der Waals surface area (Å²) >= 11 is 0. The van der Waals surface area contributed by atoms with Gasteiger partial charge in [-0.25, -0.2) is 9.37 Å². The lowest BCUT2D eigenvalue weighted by Crippen LogP contribution is -2.20. The fourth-order valence-electron chi connectivity index (χ4n) is 2.41. The van der Waals surface area contributed by atoms with Gasteiger partial charge in [0.05, 0.1) is 11.8 Å². The Morgan fingerprint density at radius 3 is 2.62 bits per heavy atom. The van der Waals surface area contributed by atoms with Crippen LogP contribution in [0.4, 0.5) is 23.2 Å². The highest BCUT2D eigenvalue weighted by Crippen LogP contribution is 2.36. The van der Waals surface area contributed by atoms with E-state index >= 15 is 0 Å². The number of aromatic nitrogens is 1. The topological polar surface area (TPSA) is 29.3 Å². The molecule has 1 fully saturated rings. The maximum atomic E-state index is 13.3. The number of nitrogens with zero attached hydrogens (tertiary/aromatic N) is 2. The third-order valence-corrected chi connectivity index (χ3v) is 3.46. The molecule has 1 saturated heterocycles. The molecule has 1 aromatic heterocycles. The Bertz CT molecular complexity index is 624. The van der Waals surface area contributed by atoms with Gasteiger partial charge in [0.2, 0.25) is 0 Å². The number of hydrogen-bond donors (Lipinski definition) is 0. The van der Waals surface area contributed by atoms with Gasteiger partial charge in [0.25, 0.3) is 0 Å². The minimum absolute atomic E-state index is 0.108. The molecule has 2 aromatic rings. The van der Waals surface area contributed by atoms with Gasteiger partial charge < -0.3 is 9.32 Å². The fraction of sp³-hybridized carbons (Fsp3) is 0.357. The van der Waals surface area contributed by atoms with Crippen molar-refractivity contribution in [3.05, 3.63) is 36.4 Å². The third kappa shape index (κ3) is 2.86. The van der Waals surface area contributed by atoms with Gasteiger partial charge in [0.1, 0.15) is 6.17 Å². The molecular weight excluding hydrogens is 288 g/mol. The van der Waals surface area contributed by atoms with Crippen molar-refractivity contribution in [2.24, 2.45) is 0 Å². The minimum Gasteiger partial charge on any atom is -0.444 e. The molecule has 7 heteroatoms. The maximum Gasteiger partial charge on any atom is 0.416 e. The van der Waals surface area contributed by atoms with Crippen LogP contribution >= 0.6 is 0 Å². The molecule has 0 radical (unpaired) electrons. The number of anilines is 1. The van der Waals surface area contributed by atoms with E-state index in [-0.39, 0.29) is 17.9 Å². The molecule has 0 saturated carbocycles. The average molecular weight is 300 g/mol. The lowest BCUT2D eigenvalue weighted by Gasteiger charge is -2.20. The smallest absolute Gasteiger partial charge is 0.416 e. The molecule has 1 aliphatic rings. The lowest BCUT2D eigenvalue weighted by atomic mass is 10.1. The van der Waals surface area contributed by atoms with Crippen LogP contribution in [-0.4, -0.2) is 24.2 Å². The van der Waals surface area contributed by atoms with Crippen molar-refractivity contribution >= 4 is 5.69 Å². The molecule has 3 nitrogen and oxygen atoms in total. The van der Waals surface area contributed by atoms with E-state index in [1.807, 2.05) is 0 Å². The normalized spacial score (nSPS) is 19.2. The summed E-state index contributed by atoms with van der Waals surface area (Å²) in [7, 11) is 0. The summed E-state index contributed by atoms with van der Waals surface area (Å²) in [5.41, 5.74) is -0.162. The van der Waals surface area contributed by atoms with Gasteiger partial charge in [0.15, 0.2) is 12.2 Å². The van der Waals surface area contributed by atoms with Crippen LogP contribution in [0.25, 0.3) is 11.3 Å². The highest BCUT2D eigenvalue weighted by Gasteiger charge is 2.33. The highest BCUT2D eigenvalue weighted by atomic mass is 19.4. The van der Waals surface area contributed by atoms with E-state index in [1.165, 1.54) is 6.20 Å². The highest BCUT2D eigenvalue weighted by molar-refractivity contribution is 5.66. The van der Waals surface area contributed by atoms with Gasteiger partial charge in [-0.1, -0.05) is 0 Å². The second-order valence-corrected chi connectivity index (χ2v) is 4.96. The zero-order valence-electron chi connectivity index (χ0n) is 10.9. The maximum absolute atomic E-state index is 13.3. The van der Waals surface area contributed by atoms with Crippen molar-refractivity contribution in [3.63, 3.8) is 0 Å². The molecule has 0 spiro atoms. The van der Waals surface area contributed by atoms with Crippen molar-refractivity contribution < 1.29 is 22.0 Å². The minimum atomic E-state index is -4.47. The Morgan fingerprint density at radius 2 is 2.05 bits per heavy atom. The number of hydrogen-bond acceptors (Lipinski definition) is 3. The van der Waals surface area contributed by atoms with Crippen LogP contribution in [0.15, 0.2) is 35.2 Å². The largest absolute Gasteiger partial charge is 0.444 e. The van der Waals surface area contributed by atoms with Crippen LogP contribution in [-0.2, 0) is 6.18 Å². The van der Waals surface area contributed by atoms with Crippen molar-refractivity contribution in [1.29, 1.82) is 0 Å². The number of alkyl halides is 4. The van der Waals surface area contributed by atoms with Crippen molar-refractivity contribution in [2.75, 3.05) is 18.0 Å². The number of halogens is 4. The first-order valence-corrected chi connectivity index (χ1v) is 6.43. The van der Waals surface area contributed by atoms with Crippen LogP contribution in [0.2, 0.25) is 0 Å². The summed E-state index contributed by atoms with van der Waals surface area (Å²) in [6.07, 6.45) is -2.65. The summed E-state index contributed by atoms with van der Waals surface area (Å²) in [5.74, 6) is 0.248. The van der Waals surface area contributed by atoms with E-state index in [2.05, 4.69) is 4.98 Å². The van der Waals surface area contributed by atoms with E-state index in [0.717, 1.165) is 18.5 Å². The third-order valence-electron chi connectivity index (χ3n) is 3.46. The SMILES string of the molecule is FC1CCN(c2cc(-c3cnco3)cc(C(F)(F)F)c2)C1. The quantitative estimate of drug-likeness (QED) is 0.788. The van der Waals surface area contributed by atoms with Gasteiger partial charge in [-0.05, 0) is 24.6 Å². The van der Waals surface area contributed by atoms with Crippen molar-refractivity contribution in [3.8, 4) is 11.3 Å². The number of benzene rings is 1. The monoisotopic (exact) mass is 300 g/mol. The molecule has 21 heavy (non-hydrogen) atoms. The summed E-state index contributed by atoms with van der Waals surface area (Å²) in [6.45, 7) is 0.509. The zero-order chi connectivity index (χ0) is 15.0. The zero-order valence-corrected chi connectivity index (χ0v) is 10.9. The van der Waals surface area contributed by atoms with E-state index in [9.17, 15) is 17.6 Å². The number of oxazole rings is 1. The molecule has 1 aliphatic heterocycles. The molecule has 2 heterocycles. The van der Waals surface area contributed by atoms with Crippen LogP contribution in [0, 0.1) is 0 Å². The van der Waals surface area contributed by atoms with Crippen LogP contribution in [0.1, 0.15) is 12.0 Å². The Hall–Kier alpha value is -2.05. The van der Waals surface area contributed by atoms with Gasteiger partial charge >= 0.3 is 6.18 Å². The Morgan fingerprint density at radius 1 is 1.24 bits per heavy atom. The molecule has 1 atom stereocenters. The van der Waals surface area contributed by atoms with E-state index in [4.69, 9.17) is 4.42 Å². The first-order chi connectivity index (χ1) is 9.93. The van der Waals surface area contributed by atoms with Crippen LogP contribution in [0.5, 0.6) is 0 Å². The van der Waals surface area contributed by atoms with E-state index in [0.29, 0.717) is 18.7 Å². The fourth-order valence-corrected chi connectivity index (χ4v) is 2.41. The molecule has 3 rings (SSSR count). The summed E-state index contributed by atoms with van der Waals surface area (Å²) in [6, 6.07) is 3.61. The lowest BCUT2D eigenvalue weighted by molar-refractivity contribution is -0.137. The predicted octanol–water partition coefficient (Wildman–Crippen LogP) is 3.91. The van der Waals surface area contributed by atoms with Crippen LogP contribution in [0.3, 0.4) is 0 Å². The van der Waals surface area contributed by atoms with Gasteiger partial charge in [-0.3, -0.25) is 0 Å². The van der Waals surface area contributed by atoms with Gasteiger partial charge in [-0.2, -0.15) is 13.2 Å². The number of rotatable bonds is 2. The molecule has 0 aliphatic carbocycles. The summed E-state index contributed by atoms with van der Waals surface area (Å²) in [4.78, 5) is 5.32.